The number of para-hydroxylation sites is 1. The maximum Gasteiger partial charge on any atom is 0.125 e. The molecule has 0 radical (unpaired) electrons. The molecule has 1 aromatic carbocycles. The van der Waals surface area contributed by atoms with Gasteiger partial charge in [0.2, 0.25) is 0 Å². The number of benzene rings is 1. The van der Waals surface area contributed by atoms with E-state index in [1.54, 1.807) is 19.1 Å². The zero-order chi connectivity index (χ0) is 9.68. The fraction of sp³-hybridized carbons (Fsp3) is 0.400. The molecule has 0 aliphatic rings. The molecule has 1 aromatic rings. The van der Waals surface area contributed by atoms with Crippen LogP contribution in [0.25, 0.3) is 0 Å². The van der Waals surface area contributed by atoms with Gasteiger partial charge in [0.05, 0.1) is 12.7 Å². The van der Waals surface area contributed by atoms with Gasteiger partial charge in [-0.1, -0.05) is 18.2 Å². The summed E-state index contributed by atoms with van der Waals surface area (Å²) in [7, 11) is 0. The number of hydrogen-bond donors (Lipinski definition) is 2. The average molecular weight is 182 g/mol. The SMILES string of the molecule is CC(O)c1ccccc1OCCO. The van der Waals surface area contributed by atoms with Gasteiger partial charge >= 0.3 is 0 Å². The van der Waals surface area contributed by atoms with E-state index in [2.05, 4.69) is 0 Å². The van der Waals surface area contributed by atoms with Gasteiger partial charge in [0.25, 0.3) is 0 Å². The number of hydrogen-bond acceptors (Lipinski definition) is 3. The average Bonchev–Trinajstić information content (AvgIpc) is 2.15. The maximum absolute atomic E-state index is 9.36. The Labute approximate surface area is 77.6 Å². The van der Waals surface area contributed by atoms with Crippen LogP contribution < -0.4 is 4.74 Å². The van der Waals surface area contributed by atoms with E-state index in [1.807, 2.05) is 12.1 Å². The normalized spacial score (nSPS) is 12.5. The van der Waals surface area contributed by atoms with Crippen LogP contribution in [0.1, 0.15) is 18.6 Å². The molecule has 0 aliphatic heterocycles. The van der Waals surface area contributed by atoms with Gasteiger partial charge in [0, 0.05) is 5.56 Å². The number of aliphatic hydroxyl groups excluding tert-OH is 2. The van der Waals surface area contributed by atoms with Crippen LogP contribution in [-0.2, 0) is 0 Å². The molecule has 0 heterocycles. The van der Waals surface area contributed by atoms with Gasteiger partial charge in [0.15, 0.2) is 0 Å². The van der Waals surface area contributed by atoms with E-state index in [-0.39, 0.29) is 13.2 Å². The first-order valence-electron chi connectivity index (χ1n) is 4.26. The molecule has 2 N–H and O–H groups in total. The molecule has 1 rings (SSSR count). The molecule has 1 atom stereocenters. The Balaban J connectivity index is 2.78. The lowest BCUT2D eigenvalue weighted by molar-refractivity contribution is 0.177. The van der Waals surface area contributed by atoms with Crippen molar-refractivity contribution in [2.45, 2.75) is 13.0 Å². The van der Waals surface area contributed by atoms with E-state index >= 15 is 0 Å². The van der Waals surface area contributed by atoms with Crippen molar-refractivity contribution in [1.29, 1.82) is 0 Å². The third-order valence-corrected chi connectivity index (χ3v) is 1.72. The molecule has 0 fully saturated rings. The van der Waals surface area contributed by atoms with E-state index in [0.717, 1.165) is 5.56 Å². The van der Waals surface area contributed by atoms with Gasteiger partial charge < -0.3 is 14.9 Å². The highest BCUT2D eigenvalue weighted by atomic mass is 16.5. The van der Waals surface area contributed by atoms with Gasteiger partial charge in [-0.05, 0) is 13.0 Å². The first-order chi connectivity index (χ1) is 6.25. The van der Waals surface area contributed by atoms with E-state index in [1.165, 1.54) is 0 Å². The number of rotatable bonds is 4. The van der Waals surface area contributed by atoms with Crippen LogP contribution in [0.4, 0.5) is 0 Å². The van der Waals surface area contributed by atoms with Crippen molar-refractivity contribution < 1.29 is 14.9 Å². The third-order valence-electron chi connectivity index (χ3n) is 1.72. The quantitative estimate of drug-likeness (QED) is 0.733. The van der Waals surface area contributed by atoms with Crippen molar-refractivity contribution in [3.05, 3.63) is 29.8 Å². The monoisotopic (exact) mass is 182 g/mol. The molecular weight excluding hydrogens is 168 g/mol. The lowest BCUT2D eigenvalue weighted by Gasteiger charge is -2.11. The van der Waals surface area contributed by atoms with Crippen molar-refractivity contribution in [2.24, 2.45) is 0 Å². The van der Waals surface area contributed by atoms with Crippen LogP contribution in [0.15, 0.2) is 24.3 Å². The first kappa shape index (κ1) is 10.0. The Kier molecular flexibility index (Phi) is 3.73. The fourth-order valence-electron chi connectivity index (χ4n) is 1.11. The van der Waals surface area contributed by atoms with Gasteiger partial charge in [-0.2, -0.15) is 0 Å². The predicted molar refractivity (Wildman–Crippen MR) is 49.7 cm³/mol. The van der Waals surface area contributed by atoms with Gasteiger partial charge in [-0.3, -0.25) is 0 Å². The van der Waals surface area contributed by atoms with Crippen molar-refractivity contribution in [3.8, 4) is 5.75 Å². The minimum absolute atomic E-state index is 0.0197. The molecule has 1 unspecified atom stereocenters. The summed E-state index contributed by atoms with van der Waals surface area (Å²) in [6.45, 7) is 1.92. The maximum atomic E-state index is 9.36. The highest BCUT2D eigenvalue weighted by molar-refractivity contribution is 5.34. The number of aliphatic hydroxyl groups is 2. The molecule has 0 saturated carbocycles. The summed E-state index contributed by atoms with van der Waals surface area (Å²) in [5.41, 5.74) is 0.746. The van der Waals surface area contributed by atoms with E-state index in [4.69, 9.17) is 9.84 Å². The lowest BCUT2D eigenvalue weighted by Crippen LogP contribution is -2.04. The van der Waals surface area contributed by atoms with Crippen molar-refractivity contribution >= 4 is 0 Å². The van der Waals surface area contributed by atoms with Crippen LogP contribution in [0.2, 0.25) is 0 Å². The van der Waals surface area contributed by atoms with Crippen LogP contribution in [0.3, 0.4) is 0 Å². The van der Waals surface area contributed by atoms with E-state index in [9.17, 15) is 5.11 Å². The first-order valence-corrected chi connectivity index (χ1v) is 4.26. The zero-order valence-corrected chi connectivity index (χ0v) is 7.60. The van der Waals surface area contributed by atoms with E-state index in [0.29, 0.717) is 5.75 Å². The molecule has 3 nitrogen and oxygen atoms in total. The summed E-state index contributed by atoms with van der Waals surface area (Å²) < 4.78 is 5.24. The zero-order valence-electron chi connectivity index (χ0n) is 7.60. The van der Waals surface area contributed by atoms with Crippen LogP contribution in [-0.4, -0.2) is 23.4 Å². The Hall–Kier alpha value is -1.06. The molecule has 0 spiro atoms. The summed E-state index contributed by atoms with van der Waals surface area (Å²) in [5.74, 6) is 0.631. The Morgan fingerprint density at radius 3 is 2.69 bits per heavy atom. The molecule has 0 saturated heterocycles. The minimum atomic E-state index is -0.546. The van der Waals surface area contributed by atoms with Gasteiger partial charge in [0.1, 0.15) is 12.4 Å². The van der Waals surface area contributed by atoms with Crippen molar-refractivity contribution in [2.75, 3.05) is 13.2 Å². The molecular formula is C10H14O3. The third kappa shape index (κ3) is 2.72. The summed E-state index contributed by atoms with van der Waals surface area (Å²) in [6, 6.07) is 7.25. The second-order valence-corrected chi connectivity index (χ2v) is 2.79. The minimum Gasteiger partial charge on any atom is -0.491 e. The standard InChI is InChI=1S/C10H14O3/c1-8(12)9-4-2-3-5-10(9)13-7-6-11/h2-5,8,11-12H,6-7H2,1H3. The molecule has 3 heteroatoms. The smallest absolute Gasteiger partial charge is 0.125 e. The molecule has 13 heavy (non-hydrogen) atoms. The topological polar surface area (TPSA) is 49.7 Å². The Morgan fingerprint density at radius 2 is 2.08 bits per heavy atom. The summed E-state index contributed by atoms with van der Waals surface area (Å²) in [5, 5.41) is 17.9. The van der Waals surface area contributed by atoms with Crippen molar-refractivity contribution in [3.63, 3.8) is 0 Å². The summed E-state index contributed by atoms with van der Waals surface area (Å²) >= 11 is 0. The van der Waals surface area contributed by atoms with Gasteiger partial charge in [-0.25, -0.2) is 0 Å². The molecule has 0 bridgehead atoms. The summed E-state index contributed by atoms with van der Waals surface area (Å²) in [6.07, 6.45) is -0.546. The lowest BCUT2D eigenvalue weighted by atomic mass is 10.1. The second kappa shape index (κ2) is 4.84. The highest BCUT2D eigenvalue weighted by Gasteiger charge is 2.06. The van der Waals surface area contributed by atoms with Gasteiger partial charge in [-0.15, -0.1) is 0 Å². The largest absolute Gasteiger partial charge is 0.491 e. The van der Waals surface area contributed by atoms with Crippen LogP contribution in [0, 0.1) is 0 Å². The fourth-order valence-corrected chi connectivity index (χ4v) is 1.11. The van der Waals surface area contributed by atoms with Crippen molar-refractivity contribution in [1.82, 2.24) is 0 Å². The highest BCUT2D eigenvalue weighted by Crippen LogP contribution is 2.24. The molecule has 72 valence electrons. The molecule has 0 aromatic heterocycles. The predicted octanol–water partition coefficient (Wildman–Crippen LogP) is 1.11. The molecule has 0 amide bonds. The van der Waals surface area contributed by atoms with Crippen LogP contribution >= 0.6 is 0 Å². The second-order valence-electron chi connectivity index (χ2n) is 2.79. The van der Waals surface area contributed by atoms with E-state index < -0.39 is 6.10 Å². The Bertz CT molecular complexity index is 258. The summed E-state index contributed by atoms with van der Waals surface area (Å²) in [4.78, 5) is 0. The molecule has 0 aliphatic carbocycles. The Morgan fingerprint density at radius 1 is 1.38 bits per heavy atom. The van der Waals surface area contributed by atoms with Crippen LogP contribution in [0.5, 0.6) is 5.75 Å². The number of ether oxygens (including phenoxy) is 1.